The first-order valence-corrected chi connectivity index (χ1v) is 6.67. The molecule has 0 atom stereocenters. The molecule has 6 heteroatoms. The van der Waals surface area contributed by atoms with Crippen molar-refractivity contribution < 1.29 is 4.79 Å². The van der Waals surface area contributed by atoms with Gasteiger partial charge in [-0.05, 0) is 25.8 Å². The van der Waals surface area contributed by atoms with Crippen LogP contribution in [0.2, 0.25) is 0 Å². The zero-order valence-electron chi connectivity index (χ0n) is 10.9. The van der Waals surface area contributed by atoms with Crippen molar-refractivity contribution in [3.63, 3.8) is 0 Å². The van der Waals surface area contributed by atoms with Crippen LogP contribution >= 0.6 is 0 Å². The van der Waals surface area contributed by atoms with E-state index in [-0.39, 0.29) is 5.91 Å². The van der Waals surface area contributed by atoms with E-state index in [2.05, 4.69) is 15.6 Å². The molecule has 2 rings (SSSR count). The maximum atomic E-state index is 12.0. The molecular formula is C12H21N5O. The molecule has 0 aromatic carbocycles. The topological polar surface area (TPSA) is 63.1 Å². The highest BCUT2D eigenvalue weighted by molar-refractivity contribution is 5.75. The summed E-state index contributed by atoms with van der Waals surface area (Å²) in [5, 5.41) is 11.2. The van der Waals surface area contributed by atoms with Gasteiger partial charge in [0, 0.05) is 19.6 Å². The summed E-state index contributed by atoms with van der Waals surface area (Å²) in [5.41, 5.74) is 0.878. The van der Waals surface area contributed by atoms with E-state index in [9.17, 15) is 4.79 Å². The maximum Gasteiger partial charge on any atom is 0.244 e. The fourth-order valence-corrected chi connectivity index (χ4v) is 2.13. The Morgan fingerprint density at radius 3 is 2.89 bits per heavy atom. The van der Waals surface area contributed by atoms with Crippen LogP contribution < -0.4 is 5.32 Å². The zero-order valence-corrected chi connectivity index (χ0v) is 10.9. The number of likely N-dealkylation sites (tertiary alicyclic amines) is 1. The number of rotatable bonds is 5. The van der Waals surface area contributed by atoms with Gasteiger partial charge in [-0.2, -0.15) is 0 Å². The van der Waals surface area contributed by atoms with Crippen LogP contribution in [0.4, 0.5) is 0 Å². The van der Waals surface area contributed by atoms with Gasteiger partial charge < -0.3 is 10.2 Å². The van der Waals surface area contributed by atoms with Crippen LogP contribution in [0.15, 0.2) is 6.20 Å². The van der Waals surface area contributed by atoms with Crippen molar-refractivity contribution in [2.75, 3.05) is 19.6 Å². The van der Waals surface area contributed by atoms with E-state index < -0.39 is 0 Å². The minimum Gasteiger partial charge on any atom is -0.341 e. The largest absolute Gasteiger partial charge is 0.341 e. The second-order valence-corrected chi connectivity index (χ2v) is 4.63. The number of carbonyl (C=O) groups excluding carboxylic acids is 1. The summed E-state index contributed by atoms with van der Waals surface area (Å²) < 4.78 is 1.63. The molecular weight excluding hydrogens is 230 g/mol. The van der Waals surface area contributed by atoms with Gasteiger partial charge in [-0.1, -0.05) is 12.1 Å². The van der Waals surface area contributed by atoms with E-state index in [4.69, 9.17) is 0 Å². The molecule has 1 aliphatic heterocycles. The molecule has 0 spiro atoms. The van der Waals surface area contributed by atoms with Crippen LogP contribution in [0.3, 0.4) is 0 Å². The van der Waals surface area contributed by atoms with Crippen LogP contribution in [0, 0.1) is 0 Å². The average molecular weight is 251 g/mol. The molecule has 100 valence electrons. The van der Waals surface area contributed by atoms with Gasteiger partial charge in [-0.15, -0.1) is 5.10 Å². The highest BCUT2D eigenvalue weighted by Gasteiger charge is 2.17. The van der Waals surface area contributed by atoms with Gasteiger partial charge >= 0.3 is 0 Å². The van der Waals surface area contributed by atoms with Crippen molar-refractivity contribution in [2.45, 2.75) is 39.3 Å². The lowest BCUT2D eigenvalue weighted by molar-refractivity contribution is -0.132. The molecule has 2 heterocycles. The van der Waals surface area contributed by atoms with Crippen LogP contribution in [0.1, 0.15) is 31.9 Å². The molecule has 1 aliphatic rings. The highest BCUT2D eigenvalue weighted by Crippen LogP contribution is 2.09. The molecule has 1 fully saturated rings. The minimum atomic E-state index is 0.148. The molecule has 0 radical (unpaired) electrons. The van der Waals surface area contributed by atoms with Gasteiger partial charge in [-0.3, -0.25) is 4.79 Å². The summed E-state index contributed by atoms with van der Waals surface area (Å²) in [6, 6.07) is 0. The van der Waals surface area contributed by atoms with E-state index in [0.717, 1.165) is 38.2 Å². The number of aromatic nitrogens is 3. The third-order valence-electron chi connectivity index (χ3n) is 3.15. The lowest BCUT2D eigenvalue weighted by atomic mass is 10.1. The monoisotopic (exact) mass is 251 g/mol. The average Bonchev–Trinajstić information content (AvgIpc) is 2.85. The van der Waals surface area contributed by atoms with Gasteiger partial charge in [0.1, 0.15) is 6.54 Å². The van der Waals surface area contributed by atoms with E-state index in [1.165, 1.54) is 6.42 Å². The zero-order chi connectivity index (χ0) is 12.8. The number of amides is 1. The molecule has 1 N–H and O–H groups in total. The Morgan fingerprint density at radius 2 is 2.17 bits per heavy atom. The quantitative estimate of drug-likeness (QED) is 0.823. The van der Waals surface area contributed by atoms with Crippen LogP contribution in [-0.2, 0) is 17.9 Å². The lowest BCUT2D eigenvalue weighted by Gasteiger charge is -2.26. The predicted octanol–water partition coefficient (Wildman–Crippen LogP) is 0.400. The first kappa shape index (κ1) is 13.0. The van der Waals surface area contributed by atoms with Crippen molar-refractivity contribution in [2.24, 2.45) is 0 Å². The van der Waals surface area contributed by atoms with Crippen molar-refractivity contribution in [3.05, 3.63) is 11.9 Å². The predicted molar refractivity (Wildman–Crippen MR) is 67.8 cm³/mol. The summed E-state index contributed by atoms with van der Waals surface area (Å²) >= 11 is 0. The van der Waals surface area contributed by atoms with Gasteiger partial charge in [0.05, 0.1) is 11.9 Å². The number of carbonyl (C=O) groups is 1. The van der Waals surface area contributed by atoms with Crippen molar-refractivity contribution in [1.29, 1.82) is 0 Å². The summed E-state index contributed by atoms with van der Waals surface area (Å²) in [6.07, 6.45) is 5.31. The van der Waals surface area contributed by atoms with E-state index in [0.29, 0.717) is 13.1 Å². The van der Waals surface area contributed by atoms with Crippen LogP contribution in [0.5, 0.6) is 0 Å². The second-order valence-electron chi connectivity index (χ2n) is 4.63. The fraction of sp³-hybridized carbons (Fsp3) is 0.750. The molecule has 0 unspecified atom stereocenters. The molecule has 0 aliphatic carbocycles. The molecule has 0 bridgehead atoms. The van der Waals surface area contributed by atoms with Crippen molar-refractivity contribution >= 4 is 5.91 Å². The summed E-state index contributed by atoms with van der Waals surface area (Å²) in [7, 11) is 0. The molecule has 0 saturated carbocycles. The minimum absolute atomic E-state index is 0.148. The normalized spacial score (nSPS) is 15.9. The summed E-state index contributed by atoms with van der Waals surface area (Å²) in [5.74, 6) is 0.148. The Morgan fingerprint density at radius 1 is 1.39 bits per heavy atom. The number of piperidine rings is 1. The lowest BCUT2D eigenvalue weighted by Crippen LogP contribution is -2.37. The van der Waals surface area contributed by atoms with Crippen molar-refractivity contribution in [3.8, 4) is 0 Å². The van der Waals surface area contributed by atoms with E-state index in [1.807, 2.05) is 18.0 Å². The Balaban J connectivity index is 1.84. The molecule has 6 nitrogen and oxygen atoms in total. The first-order chi connectivity index (χ1) is 8.79. The van der Waals surface area contributed by atoms with E-state index in [1.54, 1.807) is 4.68 Å². The molecule has 1 saturated heterocycles. The Bertz CT molecular complexity index is 384. The summed E-state index contributed by atoms with van der Waals surface area (Å²) in [4.78, 5) is 13.9. The molecule has 1 aromatic rings. The number of nitrogens with one attached hydrogen (secondary N) is 1. The van der Waals surface area contributed by atoms with Gasteiger partial charge in [0.15, 0.2) is 0 Å². The number of hydrogen-bond donors (Lipinski definition) is 1. The Kier molecular flexibility index (Phi) is 4.69. The van der Waals surface area contributed by atoms with Gasteiger partial charge in [-0.25, -0.2) is 4.68 Å². The number of nitrogens with zero attached hydrogens (tertiary/aromatic N) is 4. The maximum absolute atomic E-state index is 12.0. The molecule has 1 aromatic heterocycles. The highest BCUT2D eigenvalue weighted by atomic mass is 16.2. The molecule has 1 amide bonds. The van der Waals surface area contributed by atoms with Crippen LogP contribution in [-0.4, -0.2) is 45.4 Å². The molecule has 18 heavy (non-hydrogen) atoms. The second kappa shape index (κ2) is 6.49. The fourth-order valence-electron chi connectivity index (χ4n) is 2.13. The SMILES string of the molecule is CCNCc1cn(CC(=O)N2CCCCC2)nn1. The van der Waals surface area contributed by atoms with E-state index >= 15 is 0 Å². The van der Waals surface area contributed by atoms with Gasteiger partial charge in [0.25, 0.3) is 0 Å². The summed E-state index contributed by atoms with van der Waals surface area (Å²) in [6.45, 7) is 5.73. The van der Waals surface area contributed by atoms with Crippen molar-refractivity contribution in [1.82, 2.24) is 25.2 Å². The first-order valence-electron chi connectivity index (χ1n) is 6.67. The standard InChI is InChI=1S/C12H21N5O/c1-2-13-8-11-9-17(15-14-11)10-12(18)16-6-4-3-5-7-16/h9,13H,2-8,10H2,1H3. The third-order valence-corrected chi connectivity index (χ3v) is 3.15. The smallest absolute Gasteiger partial charge is 0.244 e. The van der Waals surface area contributed by atoms with Crippen LogP contribution in [0.25, 0.3) is 0 Å². The third kappa shape index (κ3) is 3.53. The Hall–Kier alpha value is -1.43. The van der Waals surface area contributed by atoms with Gasteiger partial charge in [0.2, 0.25) is 5.91 Å². The number of hydrogen-bond acceptors (Lipinski definition) is 4. The Labute approximate surface area is 107 Å².